The van der Waals surface area contributed by atoms with Crippen molar-refractivity contribution in [3.8, 4) is 5.75 Å². The van der Waals surface area contributed by atoms with Crippen LogP contribution in [0.1, 0.15) is 50.3 Å². The Hall–Kier alpha value is -3.37. The third kappa shape index (κ3) is 8.13. The Morgan fingerprint density at radius 2 is 1.52 bits per heavy atom. The molecule has 0 saturated heterocycles. The van der Waals surface area contributed by atoms with Gasteiger partial charge in [-0.05, 0) is 85.4 Å². The molecule has 0 radical (unpaired) electrons. The topological polar surface area (TPSA) is 96.0 Å². The molecule has 0 saturated carbocycles. The average molecular weight is 659 g/mol. The van der Waals surface area contributed by atoms with Crippen molar-refractivity contribution in [1.82, 2.24) is 10.2 Å². The van der Waals surface area contributed by atoms with Crippen molar-refractivity contribution in [3.05, 3.63) is 87.9 Å². The van der Waals surface area contributed by atoms with E-state index in [4.69, 9.17) is 4.74 Å². The lowest BCUT2D eigenvalue weighted by molar-refractivity contribution is -0.140. The Kier molecular flexibility index (Phi) is 11.6. The van der Waals surface area contributed by atoms with Crippen LogP contribution in [0.3, 0.4) is 0 Å². The second-order valence-electron chi connectivity index (χ2n) is 10.4. The molecule has 0 aliphatic heterocycles. The summed E-state index contributed by atoms with van der Waals surface area (Å²) in [6.07, 6.45) is 1.10. The average Bonchev–Trinajstić information content (AvgIpc) is 2.97. The number of sulfonamides is 1. The molecule has 226 valence electrons. The lowest BCUT2D eigenvalue weighted by Gasteiger charge is -2.33. The van der Waals surface area contributed by atoms with E-state index in [1.165, 1.54) is 24.1 Å². The van der Waals surface area contributed by atoms with Gasteiger partial charge >= 0.3 is 0 Å². The minimum Gasteiger partial charge on any atom is -0.496 e. The minimum atomic E-state index is -4.20. The maximum atomic E-state index is 14.2. The number of nitrogens with one attached hydrogen (secondary N) is 1. The third-order valence-corrected chi connectivity index (χ3v) is 9.56. The summed E-state index contributed by atoms with van der Waals surface area (Å²) in [6, 6.07) is 18.3. The zero-order valence-corrected chi connectivity index (χ0v) is 27.5. The van der Waals surface area contributed by atoms with E-state index >= 15 is 0 Å². The smallest absolute Gasteiger partial charge is 0.264 e. The molecular formula is C32H40BrN3O5S. The summed E-state index contributed by atoms with van der Waals surface area (Å²) < 4.78 is 35.0. The molecule has 3 aromatic carbocycles. The zero-order valence-electron chi connectivity index (χ0n) is 25.1. The summed E-state index contributed by atoms with van der Waals surface area (Å²) in [7, 11) is -2.70. The largest absolute Gasteiger partial charge is 0.496 e. The van der Waals surface area contributed by atoms with Gasteiger partial charge in [-0.15, -0.1) is 0 Å². The van der Waals surface area contributed by atoms with Crippen LogP contribution in [0.25, 0.3) is 0 Å². The molecule has 2 atom stereocenters. The Morgan fingerprint density at radius 1 is 0.929 bits per heavy atom. The molecule has 3 aromatic rings. The second kappa shape index (κ2) is 14.7. The fourth-order valence-electron chi connectivity index (χ4n) is 4.43. The fraction of sp³-hybridized carbons (Fsp3) is 0.375. The molecule has 0 aliphatic rings. The highest BCUT2D eigenvalue weighted by molar-refractivity contribution is 9.10. The predicted molar refractivity (Wildman–Crippen MR) is 170 cm³/mol. The van der Waals surface area contributed by atoms with Crippen LogP contribution < -0.4 is 14.4 Å². The number of halogens is 1. The van der Waals surface area contributed by atoms with E-state index in [1.807, 2.05) is 58.9 Å². The number of methoxy groups -OCH3 is 1. The zero-order chi connectivity index (χ0) is 31.0. The number of nitrogens with zero attached hydrogens (tertiary/aromatic N) is 2. The van der Waals surface area contributed by atoms with Crippen molar-refractivity contribution in [3.63, 3.8) is 0 Å². The highest BCUT2D eigenvalue weighted by atomic mass is 79.9. The first-order valence-corrected chi connectivity index (χ1v) is 16.2. The number of aryl methyl sites for hydroxylation is 2. The lowest BCUT2D eigenvalue weighted by atomic mass is 10.1. The van der Waals surface area contributed by atoms with Gasteiger partial charge in [-0.1, -0.05) is 61.4 Å². The Morgan fingerprint density at radius 3 is 2.05 bits per heavy atom. The van der Waals surface area contributed by atoms with Gasteiger partial charge in [0.2, 0.25) is 11.8 Å². The minimum absolute atomic E-state index is 0.00445. The summed E-state index contributed by atoms with van der Waals surface area (Å²) in [4.78, 5) is 29.1. The van der Waals surface area contributed by atoms with Gasteiger partial charge in [-0.3, -0.25) is 13.9 Å². The van der Waals surface area contributed by atoms with Gasteiger partial charge in [0.1, 0.15) is 18.3 Å². The van der Waals surface area contributed by atoms with Crippen molar-refractivity contribution in [2.75, 3.05) is 18.0 Å². The number of carbonyl (C=O) groups excluding carboxylic acids is 2. The first-order chi connectivity index (χ1) is 19.9. The van der Waals surface area contributed by atoms with Crippen LogP contribution in [0.2, 0.25) is 0 Å². The quantitative estimate of drug-likeness (QED) is 0.244. The molecule has 3 rings (SSSR count). The van der Waals surface area contributed by atoms with Gasteiger partial charge in [0, 0.05) is 12.6 Å². The Bertz CT molecular complexity index is 1480. The van der Waals surface area contributed by atoms with Crippen LogP contribution in [-0.2, 0) is 26.2 Å². The van der Waals surface area contributed by atoms with Crippen LogP contribution in [0.5, 0.6) is 5.75 Å². The van der Waals surface area contributed by atoms with E-state index in [0.717, 1.165) is 27.4 Å². The van der Waals surface area contributed by atoms with Gasteiger partial charge < -0.3 is 15.0 Å². The first-order valence-electron chi connectivity index (χ1n) is 14.0. The van der Waals surface area contributed by atoms with Crippen LogP contribution in [-0.4, -0.2) is 50.9 Å². The molecule has 0 aromatic heterocycles. The molecule has 0 heterocycles. The molecule has 42 heavy (non-hydrogen) atoms. The number of ether oxygens (including phenoxy) is 1. The Balaban J connectivity index is 2.07. The molecule has 10 heteroatoms. The third-order valence-electron chi connectivity index (χ3n) is 7.17. The lowest BCUT2D eigenvalue weighted by Crippen LogP contribution is -2.53. The maximum absolute atomic E-state index is 14.2. The van der Waals surface area contributed by atoms with Gasteiger partial charge in [0.25, 0.3) is 10.0 Å². The number of amides is 2. The van der Waals surface area contributed by atoms with E-state index in [-0.39, 0.29) is 23.4 Å². The summed E-state index contributed by atoms with van der Waals surface area (Å²) >= 11 is 3.37. The number of benzene rings is 3. The van der Waals surface area contributed by atoms with E-state index in [1.54, 1.807) is 30.3 Å². The molecule has 0 fully saturated rings. The van der Waals surface area contributed by atoms with Gasteiger partial charge in [0.05, 0.1) is 22.2 Å². The number of hydrogen-bond donors (Lipinski definition) is 1. The van der Waals surface area contributed by atoms with Crippen LogP contribution in [0, 0.1) is 13.8 Å². The number of rotatable bonds is 13. The highest BCUT2D eigenvalue weighted by Gasteiger charge is 2.34. The van der Waals surface area contributed by atoms with Gasteiger partial charge in [-0.2, -0.15) is 0 Å². The highest BCUT2D eigenvalue weighted by Crippen LogP contribution is 2.31. The van der Waals surface area contributed by atoms with Crippen molar-refractivity contribution in [2.45, 2.75) is 71.0 Å². The van der Waals surface area contributed by atoms with E-state index in [9.17, 15) is 18.0 Å². The molecule has 1 N–H and O–H groups in total. The normalized spacial score (nSPS) is 12.7. The number of hydrogen-bond acceptors (Lipinski definition) is 5. The van der Waals surface area contributed by atoms with Crippen molar-refractivity contribution in [1.29, 1.82) is 0 Å². The van der Waals surface area contributed by atoms with Crippen molar-refractivity contribution >= 4 is 43.5 Å². The second-order valence-corrected chi connectivity index (χ2v) is 13.1. The fourth-order valence-corrected chi connectivity index (χ4v) is 6.56. The van der Waals surface area contributed by atoms with E-state index < -0.39 is 28.5 Å². The molecule has 0 bridgehead atoms. The molecule has 2 amide bonds. The molecule has 8 nitrogen and oxygen atoms in total. The monoisotopic (exact) mass is 657 g/mol. The van der Waals surface area contributed by atoms with E-state index in [0.29, 0.717) is 22.3 Å². The molecule has 0 unspecified atom stereocenters. The van der Waals surface area contributed by atoms with Gasteiger partial charge in [-0.25, -0.2) is 8.42 Å². The Labute approximate surface area is 258 Å². The summed E-state index contributed by atoms with van der Waals surface area (Å²) in [5.41, 5.74) is 3.20. The SMILES string of the molecule is CC[C@H](C)NC(=O)[C@H](CC)N(Cc1ccc(C)cc1)C(=O)CN(c1ccc(C)cc1)S(=O)(=O)c1ccc(OC)c(Br)c1. The van der Waals surface area contributed by atoms with Crippen LogP contribution >= 0.6 is 15.9 Å². The standard InChI is InChI=1S/C32H40BrN3O5S/c1-7-24(5)34-32(38)29(8-2)35(20-25-13-9-22(3)10-14-25)31(37)21-36(26-15-11-23(4)12-16-26)42(39,40)27-17-18-30(41-6)28(33)19-27/h9-19,24,29H,7-8,20-21H2,1-6H3,(H,34,38)/t24-,29-/m0/s1. The van der Waals surface area contributed by atoms with E-state index in [2.05, 4.69) is 21.2 Å². The molecule has 0 spiro atoms. The summed E-state index contributed by atoms with van der Waals surface area (Å²) in [5.74, 6) is -0.274. The van der Waals surface area contributed by atoms with Gasteiger partial charge in [0.15, 0.2) is 0 Å². The summed E-state index contributed by atoms with van der Waals surface area (Å²) in [6.45, 7) is 9.27. The van der Waals surface area contributed by atoms with Crippen molar-refractivity contribution < 1.29 is 22.7 Å². The maximum Gasteiger partial charge on any atom is 0.264 e. The van der Waals surface area contributed by atoms with Crippen LogP contribution in [0.4, 0.5) is 5.69 Å². The van der Waals surface area contributed by atoms with Crippen molar-refractivity contribution in [2.24, 2.45) is 0 Å². The number of anilines is 1. The number of carbonyl (C=O) groups is 2. The first kappa shape index (κ1) is 33.1. The molecular weight excluding hydrogens is 618 g/mol. The summed E-state index contributed by atoms with van der Waals surface area (Å²) in [5, 5.41) is 2.99. The predicted octanol–water partition coefficient (Wildman–Crippen LogP) is 5.99. The molecule has 0 aliphatic carbocycles. The van der Waals surface area contributed by atoms with Crippen LogP contribution in [0.15, 0.2) is 76.1 Å².